The lowest BCUT2D eigenvalue weighted by molar-refractivity contribution is -0.192. The van der Waals surface area contributed by atoms with Crippen LogP contribution in [-0.4, -0.2) is 103 Å². The second-order valence-electron chi connectivity index (χ2n) is 13.9. The Labute approximate surface area is 301 Å². The monoisotopic (exact) mass is 730 g/mol. The molecule has 3 N–H and O–H groups in total. The van der Waals surface area contributed by atoms with Crippen LogP contribution in [-0.2, 0) is 20.7 Å². The highest BCUT2D eigenvalue weighted by Crippen LogP contribution is 2.32. The van der Waals surface area contributed by atoms with Gasteiger partial charge in [-0.25, -0.2) is 4.79 Å². The van der Waals surface area contributed by atoms with Gasteiger partial charge in [-0.05, 0) is 80.5 Å². The minimum Gasteiger partial charge on any atom is -0.475 e. The van der Waals surface area contributed by atoms with Gasteiger partial charge in [-0.2, -0.15) is 13.2 Å². The molecule has 3 aromatic rings. The Morgan fingerprint density at radius 3 is 2.22 bits per heavy atom. The quantitative estimate of drug-likeness (QED) is 0.206. The van der Waals surface area contributed by atoms with Gasteiger partial charge in [-0.3, -0.25) is 9.59 Å². The lowest BCUT2D eigenvalue weighted by atomic mass is 9.94. The maximum Gasteiger partial charge on any atom is 0.490 e. The number of carbonyl (C=O) groups is 3. The summed E-state index contributed by atoms with van der Waals surface area (Å²) in [6.07, 6.45) is 3.34. The molecule has 3 fully saturated rings. The number of ether oxygens (including phenoxy) is 1. The van der Waals surface area contributed by atoms with E-state index in [-0.39, 0.29) is 17.9 Å². The van der Waals surface area contributed by atoms with Crippen LogP contribution in [0.15, 0.2) is 60.7 Å². The van der Waals surface area contributed by atoms with Gasteiger partial charge in [0.25, 0.3) is 5.91 Å². The minimum atomic E-state index is -5.08. The number of fused-ring (bicyclic) bond motifs is 1. The van der Waals surface area contributed by atoms with Crippen LogP contribution in [0.2, 0.25) is 0 Å². The molecule has 1 saturated carbocycles. The molecule has 3 heterocycles. The third-order valence-electron chi connectivity index (χ3n) is 10.1. The minimum absolute atomic E-state index is 0.0212. The molecule has 2 saturated heterocycles. The number of carbonyl (C=O) groups excluding carboxylic acids is 2. The van der Waals surface area contributed by atoms with Gasteiger partial charge in [0.1, 0.15) is 5.54 Å². The number of benzene rings is 2. The molecule has 51 heavy (non-hydrogen) atoms. The molecule has 2 aliphatic heterocycles. The number of hydrogen-bond acceptors (Lipinski definition) is 7. The largest absolute Gasteiger partial charge is 0.490 e. The lowest BCUT2D eigenvalue weighted by Gasteiger charge is -2.37. The maximum atomic E-state index is 14.0. The Hall–Kier alpha value is -3.52. The van der Waals surface area contributed by atoms with Crippen molar-refractivity contribution < 1.29 is 37.4 Å². The number of hydrogen-bond donors (Lipinski definition) is 3. The van der Waals surface area contributed by atoms with Crippen molar-refractivity contribution in [3.05, 3.63) is 71.1 Å². The number of halogens is 3. The Bertz CT molecular complexity index is 1530. The average molecular weight is 731 g/mol. The number of carboxylic acids is 1. The molecule has 6 rings (SSSR count). The van der Waals surface area contributed by atoms with Crippen LogP contribution < -0.4 is 10.6 Å². The first kappa shape index (κ1) is 38.7. The SMILES string of the molecule is O=C(NC1(C(=O)N[C@@H](CCCN2CCN(CC3CCOCC3)CC2)Cc2ccccc2)CCCC1)c1cc2ccccc2s1.O=C(O)C(F)(F)F. The summed E-state index contributed by atoms with van der Waals surface area (Å²) in [6.45, 7) is 8.63. The van der Waals surface area contributed by atoms with Gasteiger partial charge in [0.15, 0.2) is 0 Å². The predicted octanol–water partition coefficient (Wildman–Crippen LogP) is 6.13. The van der Waals surface area contributed by atoms with Crippen molar-refractivity contribution in [1.82, 2.24) is 20.4 Å². The van der Waals surface area contributed by atoms with Gasteiger partial charge in [0.05, 0.1) is 4.88 Å². The van der Waals surface area contributed by atoms with E-state index in [1.54, 1.807) is 0 Å². The highest BCUT2D eigenvalue weighted by Gasteiger charge is 2.43. The Balaban J connectivity index is 0.000000654. The van der Waals surface area contributed by atoms with E-state index in [4.69, 9.17) is 14.6 Å². The maximum absolute atomic E-state index is 14.0. The zero-order valence-electron chi connectivity index (χ0n) is 29.0. The van der Waals surface area contributed by atoms with Crippen molar-refractivity contribution in [1.29, 1.82) is 0 Å². The van der Waals surface area contributed by atoms with Crippen molar-refractivity contribution in [3.63, 3.8) is 0 Å². The summed E-state index contributed by atoms with van der Waals surface area (Å²) >= 11 is 1.49. The number of aliphatic carboxylic acids is 1. The van der Waals surface area contributed by atoms with Gasteiger partial charge in [-0.1, -0.05) is 61.4 Å². The fourth-order valence-corrected chi connectivity index (χ4v) is 8.22. The number of amides is 2. The number of alkyl halides is 3. The Morgan fingerprint density at radius 2 is 1.57 bits per heavy atom. The summed E-state index contributed by atoms with van der Waals surface area (Å²) in [6, 6.07) is 20.5. The van der Waals surface area contributed by atoms with E-state index in [1.165, 1.54) is 36.3 Å². The van der Waals surface area contributed by atoms with Crippen molar-refractivity contribution in [2.24, 2.45) is 5.92 Å². The zero-order valence-corrected chi connectivity index (χ0v) is 29.8. The highest BCUT2D eigenvalue weighted by molar-refractivity contribution is 7.20. The third kappa shape index (κ3) is 11.5. The van der Waals surface area contributed by atoms with E-state index in [1.807, 2.05) is 36.4 Å². The first-order valence-electron chi connectivity index (χ1n) is 18.0. The van der Waals surface area contributed by atoms with Crippen LogP contribution in [0.4, 0.5) is 13.2 Å². The Kier molecular flexibility index (Phi) is 13.9. The second kappa shape index (κ2) is 18.3. The molecule has 9 nitrogen and oxygen atoms in total. The highest BCUT2D eigenvalue weighted by atomic mass is 32.1. The molecule has 0 radical (unpaired) electrons. The Morgan fingerprint density at radius 1 is 0.941 bits per heavy atom. The second-order valence-corrected chi connectivity index (χ2v) is 15.0. The smallest absolute Gasteiger partial charge is 0.475 e. The van der Waals surface area contributed by atoms with E-state index in [0.29, 0.717) is 17.7 Å². The molecule has 0 spiro atoms. The molecule has 0 bridgehead atoms. The number of piperazine rings is 1. The summed E-state index contributed by atoms with van der Waals surface area (Å²) in [4.78, 5) is 42.3. The van der Waals surface area contributed by atoms with E-state index < -0.39 is 17.7 Å². The van der Waals surface area contributed by atoms with Crippen LogP contribution in [0, 0.1) is 5.92 Å². The molecule has 1 aliphatic carbocycles. The molecule has 2 amide bonds. The van der Waals surface area contributed by atoms with Gasteiger partial charge >= 0.3 is 12.1 Å². The normalized spacial score (nSPS) is 19.2. The molecule has 3 aliphatic rings. The van der Waals surface area contributed by atoms with Crippen LogP contribution in [0.1, 0.15) is 66.6 Å². The van der Waals surface area contributed by atoms with Crippen molar-refractivity contribution >= 4 is 39.2 Å². The van der Waals surface area contributed by atoms with Crippen LogP contribution in [0.25, 0.3) is 10.1 Å². The third-order valence-corrected chi connectivity index (χ3v) is 11.3. The van der Waals surface area contributed by atoms with Crippen molar-refractivity contribution in [2.75, 3.05) is 52.5 Å². The standard InChI is InChI=1S/C36H48N4O3S.C2HF3O2/c41-34(33-26-30-11-4-5-13-32(30)44-33)38-36(16-6-7-17-36)35(42)37-31(25-28-9-2-1-3-10-28)12-8-18-39-19-21-40(22-20-39)27-29-14-23-43-24-15-29;3-2(4,5)1(6)7/h1-5,9-11,13,26,29,31H,6-8,12,14-25,27H2,(H,37,42)(H,38,41);(H,6,7)/t31-;/m0./s1. The molecular formula is C38H49F3N4O5S. The topological polar surface area (TPSA) is 111 Å². The summed E-state index contributed by atoms with van der Waals surface area (Å²) in [5.74, 6) is -2.13. The number of carboxylic acid groups (broad SMARTS) is 1. The fraction of sp³-hybridized carbons (Fsp3) is 0.553. The van der Waals surface area contributed by atoms with E-state index in [2.05, 4.69) is 44.7 Å². The van der Waals surface area contributed by atoms with E-state index in [9.17, 15) is 22.8 Å². The summed E-state index contributed by atoms with van der Waals surface area (Å²) in [7, 11) is 0. The lowest BCUT2D eigenvalue weighted by Crippen LogP contribution is -2.59. The van der Waals surface area contributed by atoms with Crippen LogP contribution in [0.5, 0.6) is 0 Å². The van der Waals surface area contributed by atoms with Gasteiger partial charge in [0, 0.05) is 56.7 Å². The van der Waals surface area contributed by atoms with Gasteiger partial charge in [-0.15, -0.1) is 11.3 Å². The summed E-state index contributed by atoms with van der Waals surface area (Å²) in [5, 5.41) is 14.8. The van der Waals surface area contributed by atoms with Crippen molar-refractivity contribution in [3.8, 4) is 0 Å². The van der Waals surface area contributed by atoms with Gasteiger partial charge in [0.2, 0.25) is 5.91 Å². The zero-order chi connectivity index (χ0) is 36.3. The molecule has 13 heteroatoms. The van der Waals surface area contributed by atoms with Crippen molar-refractivity contribution in [2.45, 2.75) is 75.5 Å². The molecule has 278 valence electrons. The van der Waals surface area contributed by atoms with E-state index in [0.717, 1.165) is 94.0 Å². The van der Waals surface area contributed by atoms with Crippen LogP contribution in [0.3, 0.4) is 0 Å². The van der Waals surface area contributed by atoms with Crippen LogP contribution >= 0.6 is 11.3 Å². The van der Waals surface area contributed by atoms with E-state index >= 15 is 0 Å². The number of rotatable bonds is 12. The molecule has 0 unspecified atom stereocenters. The summed E-state index contributed by atoms with van der Waals surface area (Å²) < 4.78 is 38.4. The number of thiophene rings is 1. The molecule has 2 aromatic carbocycles. The molecule has 1 atom stereocenters. The number of nitrogens with one attached hydrogen (secondary N) is 2. The summed E-state index contributed by atoms with van der Waals surface area (Å²) in [5.41, 5.74) is 0.387. The number of nitrogens with zero attached hydrogens (tertiary/aromatic N) is 2. The first-order valence-corrected chi connectivity index (χ1v) is 18.8. The predicted molar refractivity (Wildman–Crippen MR) is 192 cm³/mol. The average Bonchev–Trinajstić information content (AvgIpc) is 3.78. The van der Waals surface area contributed by atoms with Gasteiger partial charge < -0.3 is 30.3 Å². The molecule has 1 aromatic heterocycles. The molecular weight excluding hydrogens is 682 g/mol. The fourth-order valence-electron chi connectivity index (χ4n) is 7.26. The first-order chi connectivity index (χ1) is 24.5.